The lowest BCUT2D eigenvalue weighted by Gasteiger charge is -2.53. The molecule has 2 saturated heterocycles. The van der Waals surface area contributed by atoms with Gasteiger partial charge in [0.2, 0.25) is 0 Å². The molecule has 6 atom stereocenters. The summed E-state index contributed by atoms with van der Waals surface area (Å²) in [5, 5.41) is 34.1. The Hall–Kier alpha value is -2.82. The van der Waals surface area contributed by atoms with Crippen molar-refractivity contribution in [1.29, 1.82) is 0 Å². The van der Waals surface area contributed by atoms with Crippen LogP contribution < -0.4 is 0 Å². The Morgan fingerprint density at radius 2 is 1.51 bits per heavy atom. The largest absolute Gasteiger partial charge is 0.463 e. The minimum Gasteiger partial charge on any atom is -0.463 e. The normalized spacial score (nSPS) is 31.8. The van der Waals surface area contributed by atoms with E-state index in [1.54, 1.807) is 25.1 Å². The number of aryl methyl sites for hydroxylation is 1. The quantitative estimate of drug-likeness (QED) is 0.300. The third-order valence-corrected chi connectivity index (χ3v) is 7.73. The second-order valence-electron chi connectivity index (χ2n) is 10.2. The first-order valence-electron chi connectivity index (χ1n) is 13.2. The molecule has 2 aromatic carbocycles. The first kappa shape index (κ1) is 27.7. The molecule has 3 heterocycles. The topological polar surface area (TPSA) is 111 Å². The van der Waals surface area contributed by atoms with Gasteiger partial charge in [0, 0.05) is 6.42 Å². The van der Waals surface area contributed by atoms with Gasteiger partial charge in [-0.25, -0.2) is 0 Å². The smallest absolute Gasteiger partial charge is 0.199 e. The highest BCUT2D eigenvalue weighted by atomic mass is 16.8. The molecule has 1 aromatic heterocycles. The van der Waals surface area contributed by atoms with Crippen molar-refractivity contribution < 1.29 is 38.7 Å². The van der Waals surface area contributed by atoms with E-state index in [0.717, 1.165) is 11.1 Å². The van der Waals surface area contributed by atoms with Crippen LogP contribution in [-0.4, -0.2) is 58.2 Å². The summed E-state index contributed by atoms with van der Waals surface area (Å²) in [4.78, 5) is 0. The Balaban J connectivity index is 1.63. The molecule has 39 heavy (non-hydrogen) atoms. The van der Waals surface area contributed by atoms with Crippen LogP contribution in [0.3, 0.4) is 0 Å². The highest BCUT2D eigenvalue weighted by Crippen LogP contribution is 2.59. The molecule has 0 unspecified atom stereocenters. The van der Waals surface area contributed by atoms with E-state index in [1.165, 1.54) is 0 Å². The van der Waals surface area contributed by atoms with Crippen molar-refractivity contribution in [3.63, 3.8) is 0 Å². The molecule has 3 N–H and O–H groups in total. The highest BCUT2D eigenvalue weighted by Gasteiger charge is 2.79. The van der Waals surface area contributed by atoms with Gasteiger partial charge in [0.25, 0.3) is 0 Å². The Labute approximate surface area is 228 Å². The van der Waals surface area contributed by atoms with Crippen LogP contribution in [0.2, 0.25) is 0 Å². The number of rotatable bonds is 12. The molecule has 0 spiro atoms. The number of aliphatic hydroxyl groups excluding tert-OH is 2. The fraction of sp³-hybridized carbons (Fsp3) is 0.419. The molecule has 2 aliphatic rings. The van der Waals surface area contributed by atoms with Crippen molar-refractivity contribution in [1.82, 2.24) is 0 Å². The van der Waals surface area contributed by atoms with Crippen LogP contribution in [-0.2, 0) is 37.8 Å². The molecule has 0 aliphatic carbocycles. The monoisotopic (exact) mass is 536 g/mol. The fourth-order valence-electron chi connectivity index (χ4n) is 5.82. The summed E-state index contributed by atoms with van der Waals surface area (Å²) in [6.45, 7) is 4.76. The summed E-state index contributed by atoms with van der Waals surface area (Å²) in [7, 11) is 0. The van der Waals surface area contributed by atoms with Crippen LogP contribution in [0.4, 0.5) is 0 Å². The minimum absolute atomic E-state index is 0.0995. The van der Waals surface area contributed by atoms with E-state index in [2.05, 4.69) is 6.58 Å². The van der Waals surface area contributed by atoms with Gasteiger partial charge in [-0.2, -0.15) is 0 Å². The zero-order chi connectivity index (χ0) is 27.5. The highest BCUT2D eigenvalue weighted by molar-refractivity contribution is 5.30. The summed E-state index contributed by atoms with van der Waals surface area (Å²) in [6.07, 6.45) is -0.571. The predicted molar refractivity (Wildman–Crippen MR) is 142 cm³/mol. The molecule has 8 nitrogen and oxygen atoms in total. The molecule has 0 radical (unpaired) electrons. The SMILES string of the molecule is C=CCC[C@]12O[C@H](CO)[C@@](O)(c3ccc(C)o3)[C@](CO)(O1)[C@H](OCc1ccccc1)[C@H]2OCc1ccccc1. The van der Waals surface area contributed by atoms with E-state index in [9.17, 15) is 15.3 Å². The maximum absolute atomic E-state index is 12.4. The van der Waals surface area contributed by atoms with Crippen LogP contribution in [0.1, 0.15) is 35.5 Å². The number of fused-ring (bicyclic) bond motifs is 2. The number of ether oxygens (including phenoxy) is 4. The fourth-order valence-corrected chi connectivity index (χ4v) is 5.82. The van der Waals surface area contributed by atoms with Gasteiger partial charge in [-0.1, -0.05) is 66.7 Å². The first-order valence-corrected chi connectivity index (χ1v) is 13.2. The predicted octanol–water partition coefficient (Wildman–Crippen LogP) is 3.76. The molecule has 2 aliphatic heterocycles. The molecule has 2 bridgehead atoms. The first-order chi connectivity index (χ1) is 18.9. The van der Waals surface area contributed by atoms with E-state index in [-0.39, 0.29) is 19.0 Å². The molecular formula is C31H36O8. The van der Waals surface area contributed by atoms with E-state index in [1.807, 2.05) is 60.7 Å². The minimum atomic E-state index is -2.10. The number of furan rings is 1. The molecular weight excluding hydrogens is 500 g/mol. The molecule has 8 heteroatoms. The molecule has 5 rings (SSSR count). The van der Waals surface area contributed by atoms with Gasteiger partial charge in [-0.05, 0) is 36.6 Å². The number of hydrogen-bond acceptors (Lipinski definition) is 8. The summed E-state index contributed by atoms with van der Waals surface area (Å²) >= 11 is 0. The molecule has 2 fully saturated rings. The Bertz CT molecular complexity index is 1230. The van der Waals surface area contributed by atoms with Gasteiger partial charge in [-0.3, -0.25) is 0 Å². The van der Waals surface area contributed by atoms with E-state index in [0.29, 0.717) is 18.6 Å². The van der Waals surface area contributed by atoms with Gasteiger partial charge < -0.3 is 38.7 Å². The van der Waals surface area contributed by atoms with Crippen molar-refractivity contribution in [3.8, 4) is 0 Å². The molecule has 0 saturated carbocycles. The van der Waals surface area contributed by atoms with Gasteiger partial charge in [0.15, 0.2) is 17.0 Å². The van der Waals surface area contributed by atoms with E-state index in [4.69, 9.17) is 23.4 Å². The average molecular weight is 537 g/mol. The van der Waals surface area contributed by atoms with Crippen LogP contribution in [0.5, 0.6) is 0 Å². The molecule has 0 amide bonds. The van der Waals surface area contributed by atoms with Crippen molar-refractivity contribution in [2.75, 3.05) is 13.2 Å². The van der Waals surface area contributed by atoms with Crippen LogP contribution in [0.15, 0.2) is 89.9 Å². The van der Waals surface area contributed by atoms with E-state index >= 15 is 0 Å². The van der Waals surface area contributed by atoms with Crippen molar-refractivity contribution in [2.45, 2.75) is 68.3 Å². The Kier molecular flexibility index (Phi) is 8.07. The second kappa shape index (κ2) is 11.3. The number of hydrogen-bond donors (Lipinski definition) is 3. The number of benzene rings is 2. The third kappa shape index (κ3) is 4.76. The van der Waals surface area contributed by atoms with Crippen LogP contribution >= 0.6 is 0 Å². The maximum Gasteiger partial charge on any atom is 0.199 e. The lowest BCUT2D eigenvalue weighted by atomic mass is 9.73. The third-order valence-electron chi connectivity index (χ3n) is 7.73. The zero-order valence-corrected chi connectivity index (χ0v) is 22.1. The number of allylic oxidation sites excluding steroid dienone is 1. The molecule has 3 aromatic rings. The number of aliphatic hydroxyl groups is 3. The van der Waals surface area contributed by atoms with Gasteiger partial charge in [0.05, 0.1) is 26.4 Å². The Morgan fingerprint density at radius 3 is 2.03 bits per heavy atom. The van der Waals surface area contributed by atoms with E-state index < -0.39 is 48.5 Å². The standard InChI is InChI=1S/C31H36O8/c1-3-4-17-30-28(36-20-24-13-9-6-10-14-24)27(35-19-23-11-7-5-8-12-23)29(21-33,39-30)31(34,26(18-32)38-30)25-16-15-22(2)37-25/h3,5-16,26-28,32-34H,1,4,17-21H2,2H3/t26-,27-,28-,29-,30+,31+/m1/s1. The lowest BCUT2D eigenvalue weighted by molar-refractivity contribution is -0.410. The van der Waals surface area contributed by atoms with Crippen LogP contribution in [0.25, 0.3) is 0 Å². The summed E-state index contributed by atoms with van der Waals surface area (Å²) in [5.41, 5.74) is -2.08. The average Bonchev–Trinajstić information content (AvgIpc) is 3.51. The van der Waals surface area contributed by atoms with Gasteiger partial charge in [0.1, 0.15) is 29.8 Å². The Morgan fingerprint density at radius 1 is 0.897 bits per heavy atom. The van der Waals surface area contributed by atoms with Crippen molar-refractivity contribution in [2.24, 2.45) is 0 Å². The summed E-state index contributed by atoms with van der Waals surface area (Å²) in [5.74, 6) is -0.806. The zero-order valence-electron chi connectivity index (χ0n) is 22.1. The van der Waals surface area contributed by atoms with Gasteiger partial charge in [-0.15, -0.1) is 6.58 Å². The summed E-state index contributed by atoms with van der Waals surface area (Å²) < 4.78 is 32.0. The molecule has 208 valence electrons. The van der Waals surface area contributed by atoms with Crippen molar-refractivity contribution >= 4 is 0 Å². The summed E-state index contributed by atoms with van der Waals surface area (Å²) in [6, 6.07) is 22.5. The van der Waals surface area contributed by atoms with Gasteiger partial charge >= 0.3 is 0 Å². The second-order valence-corrected chi connectivity index (χ2v) is 10.2. The van der Waals surface area contributed by atoms with Crippen molar-refractivity contribution in [3.05, 3.63) is 108 Å². The lowest BCUT2D eigenvalue weighted by Crippen LogP contribution is -2.70. The maximum atomic E-state index is 12.4. The van der Waals surface area contributed by atoms with Crippen LogP contribution in [0, 0.1) is 6.92 Å².